The minimum Gasteiger partial charge on any atom is -0.308 e. The van der Waals surface area contributed by atoms with E-state index in [1.807, 2.05) is 12.1 Å². The molecule has 2 aromatic rings. The average molecular weight is 294 g/mol. The highest BCUT2D eigenvalue weighted by atomic mass is 79.9. The minimum atomic E-state index is 0.428. The Balaban J connectivity index is 1.85. The van der Waals surface area contributed by atoms with Crippen LogP contribution in [0, 0.1) is 0 Å². The van der Waals surface area contributed by atoms with E-state index in [1.54, 1.807) is 6.20 Å². The normalized spacial score (nSPS) is 12.6. The number of halogens is 1. The molecule has 1 aromatic heterocycles. The van der Waals surface area contributed by atoms with Crippen LogP contribution in [0.5, 0.6) is 0 Å². The van der Waals surface area contributed by atoms with E-state index in [1.165, 1.54) is 10.0 Å². The number of H-pyrrole nitrogens is 1. The molecule has 0 saturated heterocycles. The zero-order valence-corrected chi connectivity index (χ0v) is 11.4. The maximum absolute atomic E-state index is 3.93. The van der Waals surface area contributed by atoms with E-state index in [9.17, 15) is 0 Å². The lowest BCUT2D eigenvalue weighted by Crippen LogP contribution is -2.27. The lowest BCUT2D eigenvalue weighted by molar-refractivity contribution is 0.539. The Hall–Kier alpha value is -1.13. The van der Waals surface area contributed by atoms with Gasteiger partial charge in [0.2, 0.25) is 0 Å². The Kier molecular flexibility index (Phi) is 4.34. The molecule has 0 radical (unpaired) electrons. The first-order valence-electron chi connectivity index (χ1n) is 5.71. The summed E-state index contributed by atoms with van der Waals surface area (Å²) in [5, 5.41) is 10.3. The summed E-state index contributed by atoms with van der Waals surface area (Å²) in [7, 11) is 0. The molecule has 0 aliphatic rings. The van der Waals surface area contributed by atoms with Gasteiger partial charge in [0.05, 0.1) is 0 Å². The standard InChI is InChI=1S/C13H16BrN3/c1-10(15-9-12-6-7-16-17-12)8-11-4-2-3-5-13(11)14/h2-7,10,15H,8-9H2,1H3,(H,16,17). The molecular formula is C13H16BrN3. The molecule has 2 N–H and O–H groups in total. The molecule has 0 spiro atoms. The van der Waals surface area contributed by atoms with Crippen LogP contribution in [0.25, 0.3) is 0 Å². The third-order valence-electron chi connectivity index (χ3n) is 2.68. The van der Waals surface area contributed by atoms with Crippen molar-refractivity contribution in [2.24, 2.45) is 0 Å². The van der Waals surface area contributed by atoms with Gasteiger partial charge in [-0.2, -0.15) is 5.10 Å². The highest BCUT2D eigenvalue weighted by Gasteiger charge is 2.06. The second kappa shape index (κ2) is 5.98. The molecule has 0 aliphatic carbocycles. The van der Waals surface area contributed by atoms with E-state index in [2.05, 4.69) is 56.6 Å². The van der Waals surface area contributed by atoms with E-state index in [4.69, 9.17) is 0 Å². The van der Waals surface area contributed by atoms with Crippen LogP contribution >= 0.6 is 15.9 Å². The third-order valence-corrected chi connectivity index (χ3v) is 3.46. The summed E-state index contributed by atoms with van der Waals surface area (Å²) >= 11 is 3.57. The van der Waals surface area contributed by atoms with Crippen molar-refractivity contribution < 1.29 is 0 Å². The Morgan fingerprint density at radius 1 is 1.35 bits per heavy atom. The Morgan fingerprint density at radius 2 is 2.18 bits per heavy atom. The van der Waals surface area contributed by atoms with Gasteiger partial charge in [-0.15, -0.1) is 0 Å². The summed E-state index contributed by atoms with van der Waals surface area (Å²) in [4.78, 5) is 0. The zero-order valence-electron chi connectivity index (χ0n) is 9.78. The van der Waals surface area contributed by atoms with Gasteiger partial charge in [-0.1, -0.05) is 34.1 Å². The molecular weight excluding hydrogens is 278 g/mol. The lowest BCUT2D eigenvalue weighted by atomic mass is 10.1. The Bertz CT molecular complexity index is 453. The van der Waals surface area contributed by atoms with Gasteiger partial charge in [-0.3, -0.25) is 5.10 Å². The number of rotatable bonds is 5. The predicted molar refractivity (Wildman–Crippen MR) is 72.7 cm³/mol. The van der Waals surface area contributed by atoms with Gasteiger partial charge in [0.1, 0.15) is 0 Å². The molecule has 2 rings (SSSR count). The van der Waals surface area contributed by atoms with Gasteiger partial charge >= 0.3 is 0 Å². The molecule has 0 fully saturated rings. The van der Waals surface area contributed by atoms with E-state index < -0.39 is 0 Å². The molecule has 1 aromatic carbocycles. The van der Waals surface area contributed by atoms with E-state index in [0.717, 1.165) is 18.7 Å². The second-order valence-corrected chi connectivity index (χ2v) is 5.01. The third kappa shape index (κ3) is 3.68. The largest absolute Gasteiger partial charge is 0.308 e. The van der Waals surface area contributed by atoms with Gasteiger partial charge in [0.25, 0.3) is 0 Å². The molecule has 1 unspecified atom stereocenters. The summed E-state index contributed by atoms with van der Waals surface area (Å²) in [6.45, 7) is 3.02. The summed E-state index contributed by atoms with van der Waals surface area (Å²) in [5.74, 6) is 0. The molecule has 0 aliphatic heterocycles. The quantitative estimate of drug-likeness (QED) is 0.890. The number of nitrogens with zero attached hydrogens (tertiary/aromatic N) is 1. The molecule has 90 valence electrons. The summed E-state index contributed by atoms with van der Waals surface area (Å²) in [5.41, 5.74) is 2.45. The van der Waals surface area contributed by atoms with Crippen LogP contribution < -0.4 is 5.32 Å². The summed E-state index contributed by atoms with van der Waals surface area (Å²) in [6.07, 6.45) is 2.78. The van der Waals surface area contributed by atoms with Crippen LogP contribution in [0.2, 0.25) is 0 Å². The van der Waals surface area contributed by atoms with Crippen molar-refractivity contribution in [1.82, 2.24) is 15.5 Å². The fraction of sp³-hybridized carbons (Fsp3) is 0.308. The first kappa shape index (κ1) is 12.3. The van der Waals surface area contributed by atoms with Crippen molar-refractivity contribution >= 4 is 15.9 Å². The summed E-state index contributed by atoms with van der Waals surface area (Å²) in [6, 6.07) is 10.8. The number of aromatic amines is 1. The maximum Gasteiger partial charge on any atom is 0.0490 e. The first-order valence-corrected chi connectivity index (χ1v) is 6.50. The SMILES string of the molecule is CC(Cc1ccccc1Br)NCc1ccn[nH]1. The highest BCUT2D eigenvalue weighted by molar-refractivity contribution is 9.10. The molecule has 0 saturated carbocycles. The van der Waals surface area contributed by atoms with Crippen LogP contribution in [0.1, 0.15) is 18.2 Å². The van der Waals surface area contributed by atoms with Gasteiger partial charge in [-0.25, -0.2) is 0 Å². The van der Waals surface area contributed by atoms with Crippen molar-refractivity contribution in [2.75, 3.05) is 0 Å². The lowest BCUT2D eigenvalue weighted by Gasteiger charge is -2.14. The highest BCUT2D eigenvalue weighted by Crippen LogP contribution is 2.17. The van der Waals surface area contributed by atoms with Gasteiger partial charge < -0.3 is 5.32 Å². The number of aromatic nitrogens is 2. The first-order chi connectivity index (χ1) is 8.25. The fourth-order valence-electron chi connectivity index (χ4n) is 1.73. The van der Waals surface area contributed by atoms with E-state index in [0.29, 0.717) is 6.04 Å². The van der Waals surface area contributed by atoms with Crippen LogP contribution in [-0.2, 0) is 13.0 Å². The molecule has 1 heterocycles. The minimum absolute atomic E-state index is 0.428. The number of hydrogen-bond acceptors (Lipinski definition) is 2. The van der Waals surface area contributed by atoms with Crippen molar-refractivity contribution in [3.8, 4) is 0 Å². The Labute approximate surface area is 110 Å². The van der Waals surface area contributed by atoms with Crippen molar-refractivity contribution in [3.05, 3.63) is 52.3 Å². The maximum atomic E-state index is 3.93. The molecule has 17 heavy (non-hydrogen) atoms. The van der Waals surface area contributed by atoms with Gasteiger partial charge in [0.15, 0.2) is 0 Å². The monoisotopic (exact) mass is 293 g/mol. The van der Waals surface area contributed by atoms with Crippen LogP contribution in [0.4, 0.5) is 0 Å². The number of benzene rings is 1. The number of nitrogens with one attached hydrogen (secondary N) is 2. The van der Waals surface area contributed by atoms with E-state index >= 15 is 0 Å². The van der Waals surface area contributed by atoms with E-state index in [-0.39, 0.29) is 0 Å². The van der Waals surface area contributed by atoms with Gasteiger partial charge in [0, 0.05) is 29.0 Å². The Morgan fingerprint density at radius 3 is 2.88 bits per heavy atom. The van der Waals surface area contributed by atoms with Crippen molar-refractivity contribution in [3.63, 3.8) is 0 Å². The molecule has 4 heteroatoms. The molecule has 0 bridgehead atoms. The van der Waals surface area contributed by atoms with Crippen LogP contribution in [0.15, 0.2) is 41.0 Å². The van der Waals surface area contributed by atoms with Crippen LogP contribution in [-0.4, -0.2) is 16.2 Å². The summed E-state index contributed by atoms with van der Waals surface area (Å²) < 4.78 is 1.18. The average Bonchev–Trinajstić information content (AvgIpc) is 2.82. The predicted octanol–water partition coefficient (Wildman–Crippen LogP) is 2.89. The van der Waals surface area contributed by atoms with Gasteiger partial charge in [-0.05, 0) is 31.0 Å². The molecule has 3 nitrogen and oxygen atoms in total. The molecule has 1 atom stereocenters. The number of hydrogen-bond donors (Lipinski definition) is 2. The molecule has 0 amide bonds. The van der Waals surface area contributed by atoms with Crippen molar-refractivity contribution in [1.29, 1.82) is 0 Å². The van der Waals surface area contributed by atoms with Crippen molar-refractivity contribution in [2.45, 2.75) is 25.9 Å². The second-order valence-electron chi connectivity index (χ2n) is 4.16. The zero-order chi connectivity index (χ0) is 12.1. The van der Waals surface area contributed by atoms with Crippen LogP contribution in [0.3, 0.4) is 0 Å². The fourth-order valence-corrected chi connectivity index (χ4v) is 2.18. The smallest absolute Gasteiger partial charge is 0.0490 e. The topological polar surface area (TPSA) is 40.7 Å².